The largest absolute Gasteiger partial charge is 0.478 e. The Hall–Kier alpha value is -1.96. The van der Waals surface area contributed by atoms with Crippen LogP contribution >= 0.6 is 23.2 Å². The number of ether oxygens (including phenoxy) is 1. The molecule has 0 spiro atoms. The molecule has 2 aromatic carbocycles. The number of fused-ring (bicyclic) bond motifs is 2. The normalized spacial score (nSPS) is 15.0. The van der Waals surface area contributed by atoms with Crippen LogP contribution in [0, 0.1) is 0 Å². The number of halogens is 2. The summed E-state index contributed by atoms with van der Waals surface area (Å²) in [7, 11) is -3.89. The third kappa shape index (κ3) is 2.71. The van der Waals surface area contributed by atoms with Gasteiger partial charge in [-0.05, 0) is 24.3 Å². The van der Waals surface area contributed by atoms with Gasteiger partial charge in [-0.2, -0.15) is 0 Å². The van der Waals surface area contributed by atoms with Crippen molar-refractivity contribution in [2.45, 2.75) is 10.6 Å². The van der Waals surface area contributed by atoms with Crippen LogP contribution in [0.4, 0.5) is 5.69 Å². The third-order valence-corrected chi connectivity index (χ3v) is 5.51. The lowest BCUT2D eigenvalue weighted by atomic mass is 10.2. The van der Waals surface area contributed by atoms with Gasteiger partial charge in [-0.1, -0.05) is 23.2 Å². The van der Waals surface area contributed by atoms with E-state index < -0.39 is 21.6 Å². The minimum absolute atomic E-state index is 0.133. The molecule has 0 aromatic heterocycles. The number of hydrogen-bond acceptors (Lipinski definition) is 5. The van der Waals surface area contributed by atoms with Crippen LogP contribution in [0.3, 0.4) is 0 Å². The van der Waals surface area contributed by atoms with Crippen molar-refractivity contribution in [1.82, 2.24) is 0 Å². The highest BCUT2D eigenvalue weighted by Crippen LogP contribution is 2.45. The maximum Gasteiger partial charge on any atom is 0.335 e. The number of anilines is 1. The average Bonchev–Trinajstić information content (AvgIpc) is 2.53. The van der Waals surface area contributed by atoms with Crippen molar-refractivity contribution < 1.29 is 23.1 Å². The Labute approximate surface area is 141 Å². The second-order valence-corrected chi connectivity index (χ2v) is 7.72. The minimum Gasteiger partial charge on any atom is -0.478 e. The van der Waals surface area contributed by atoms with Crippen LogP contribution in [0.25, 0.3) is 0 Å². The number of rotatable bonds is 1. The molecule has 1 heterocycles. The number of nitrogen functional groups attached to an aromatic ring is 1. The van der Waals surface area contributed by atoms with Gasteiger partial charge in [0.05, 0.1) is 21.4 Å². The van der Waals surface area contributed by atoms with Crippen molar-refractivity contribution >= 4 is 44.7 Å². The molecule has 120 valence electrons. The third-order valence-electron chi connectivity index (χ3n) is 3.28. The molecule has 0 atom stereocenters. The van der Waals surface area contributed by atoms with Gasteiger partial charge in [0.1, 0.15) is 4.90 Å². The van der Waals surface area contributed by atoms with Crippen LogP contribution in [-0.2, 0) is 15.6 Å². The van der Waals surface area contributed by atoms with E-state index in [-0.39, 0.29) is 43.3 Å². The fraction of sp³-hybridized carbons (Fsp3) is 0.0714. The first-order chi connectivity index (χ1) is 10.7. The molecule has 3 rings (SSSR count). The van der Waals surface area contributed by atoms with Crippen molar-refractivity contribution in [2.75, 3.05) is 5.73 Å². The lowest BCUT2D eigenvalue weighted by Crippen LogP contribution is -2.06. The maximum atomic E-state index is 12.6. The van der Waals surface area contributed by atoms with Gasteiger partial charge in [0.2, 0.25) is 0 Å². The van der Waals surface area contributed by atoms with E-state index in [9.17, 15) is 13.2 Å². The smallest absolute Gasteiger partial charge is 0.335 e. The Morgan fingerprint density at radius 1 is 1.13 bits per heavy atom. The van der Waals surface area contributed by atoms with Crippen LogP contribution in [0.15, 0.2) is 29.2 Å². The summed E-state index contributed by atoms with van der Waals surface area (Å²) in [6, 6.07) is 5.00. The molecule has 9 heteroatoms. The van der Waals surface area contributed by atoms with Crippen molar-refractivity contribution in [1.29, 1.82) is 0 Å². The Morgan fingerprint density at radius 2 is 1.78 bits per heavy atom. The van der Waals surface area contributed by atoms with E-state index in [1.807, 2.05) is 0 Å². The lowest BCUT2D eigenvalue weighted by Gasteiger charge is -2.12. The van der Waals surface area contributed by atoms with Crippen molar-refractivity contribution in [3.8, 4) is 11.5 Å². The van der Waals surface area contributed by atoms with Crippen molar-refractivity contribution in [3.63, 3.8) is 0 Å². The van der Waals surface area contributed by atoms with Gasteiger partial charge in [0.15, 0.2) is 21.3 Å². The molecule has 3 N–H and O–H groups in total. The maximum absolute atomic E-state index is 12.6. The molecule has 0 fully saturated rings. The molecule has 1 aliphatic rings. The van der Waals surface area contributed by atoms with Crippen LogP contribution in [0.2, 0.25) is 10.0 Å². The summed E-state index contributed by atoms with van der Waals surface area (Å²) in [5.41, 5.74) is 5.99. The molecule has 2 aromatic rings. The van der Waals surface area contributed by atoms with E-state index in [1.54, 1.807) is 0 Å². The number of carboxylic acids is 1. The van der Waals surface area contributed by atoms with E-state index >= 15 is 0 Å². The molecule has 23 heavy (non-hydrogen) atoms. The molecule has 0 bridgehead atoms. The highest BCUT2D eigenvalue weighted by atomic mass is 35.5. The number of aromatic carboxylic acids is 1. The van der Waals surface area contributed by atoms with Gasteiger partial charge in [-0.15, -0.1) is 0 Å². The number of nitrogens with two attached hydrogens (primary N) is 1. The number of sulfone groups is 1. The summed E-state index contributed by atoms with van der Waals surface area (Å²) in [5.74, 6) is -1.75. The minimum atomic E-state index is -3.89. The molecule has 0 radical (unpaired) electrons. The van der Waals surface area contributed by atoms with Crippen LogP contribution < -0.4 is 10.5 Å². The average molecular weight is 374 g/mol. The summed E-state index contributed by atoms with van der Waals surface area (Å²) in [6.45, 7) is 0. The fourth-order valence-corrected chi connectivity index (χ4v) is 4.42. The SMILES string of the molecule is Nc1cc(Cl)c2c(c1)CS(=O)(=O)c1cc(C(=O)O)cc(Cl)c1O2. The Morgan fingerprint density at radius 3 is 2.43 bits per heavy atom. The summed E-state index contributed by atoms with van der Waals surface area (Å²) in [6.07, 6.45) is 0. The zero-order chi connectivity index (χ0) is 16.9. The van der Waals surface area contributed by atoms with E-state index in [1.165, 1.54) is 12.1 Å². The molecule has 0 aliphatic carbocycles. The second-order valence-electron chi connectivity index (χ2n) is 4.94. The van der Waals surface area contributed by atoms with Gasteiger partial charge in [-0.3, -0.25) is 0 Å². The monoisotopic (exact) mass is 373 g/mol. The first kappa shape index (κ1) is 15.9. The Bertz CT molecular complexity index is 956. The van der Waals surface area contributed by atoms with Gasteiger partial charge in [-0.25, -0.2) is 13.2 Å². The number of carboxylic acid groups (broad SMARTS) is 1. The van der Waals surface area contributed by atoms with Crippen molar-refractivity contribution in [2.24, 2.45) is 0 Å². The van der Waals surface area contributed by atoms with Crippen LogP contribution in [0.1, 0.15) is 15.9 Å². The first-order valence-corrected chi connectivity index (χ1v) is 8.65. The molecule has 6 nitrogen and oxygen atoms in total. The number of benzene rings is 2. The highest BCUT2D eigenvalue weighted by molar-refractivity contribution is 7.90. The lowest BCUT2D eigenvalue weighted by molar-refractivity contribution is 0.0696. The summed E-state index contributed by atoms with van der Waals surface area (Å²) in [4.78, 5) is 10.8. The molecular weight excluding hydrogens is 365 g/mol. The molecule has 0 saturated carbocycles. The predicted octanol–water partition coefficient (Wildman–Crippen LogP) is 3.35. The topological polar surface area (TPSA) is 107 Å². The number of hydrogen-bond donors (Lipinski definition) is 2. The van der Waals surface area contributed by atoms with Crippen molar-refractivity contribution in [3.05, 3.63) is 45.4 Å². The van der Waals surface area contributed by atoms with Gasteiger partial charge < -0.3 is 15.6 Å². The van der Waals surface area contributed by atoms with E-state index in [0.717, 1.165) is 12.1 Å². The van der Waals surface area contributed by atoms with Gasteiger partial charge in [0, 0.05) is 11.3 Å². The molecule has 0 unspecified atom stereocenters. The molecule has 0 saturated heterocycles. The number of carbonyl (C=O) groups is 1. The zero-order valence-electron chi connectivity index (χ0n) is 11.3. The standard InChI is InChI=1S/C14H9Cl2NO5S/c15-9-2-6(14(18)19)3-11-13(9)22-12-7(5-23(11,20)21)1-8(17)4-10(12)16/h1-4H,5,17H2,(H,18,19). The molecule has 1 aliphatic heterocycles. The predicted molar refractivity (Wildman–Crippen MR) is 85.2 cm³/mol. The van der Waals surface area contributed by atoms with Gasteiger partial charge in [0.25, 0.3) is 0 Å². The highest BCUT2D eigenvalue weighted by Gasteiger charge is 2.31. The Kier molecular flexibility index (Phi) is 3.66. The van der Waals surface area contributed by atoms with Crippen LogP contribution in [-0.4, -0.2) is 19.5 Å². The molecule has 0 amide bonds. The summed E-state index contributed by atoms with van der Waals surface area (Å²) in [5, 5.41) is 9.08. The second kappa shape index (κ2) is 5.30. The van der Waals surface area contributed by atoms with Crippen LogP contribution in [0.5, 0.6) is 11.5 Å². The van der Waals surface area contributed by atoms with E-state index in [4.69, 9.17) is 38.8 Å². The zero-order valence-corrected chi connectivity index (χ0v) is 13.7. The summed E-state index contributed by atoms with van der Waals surface area (Å²) >= 11 is 12.1. The fourth-order valence-electron chi connectivity index (χ4n) is 2.30. The van der Waals surface area contributed by atoms with E-state index in [0.29, 0.717) is 0 Å². The Balaban J connectivity index is 2.33. The summed E-state index contributed by atoms with van der Waals surface area (Å²) < 4.78 is 30.8. The first-order valence-electron chi connectivity index (χ1n) is 6.24. The van der Waals surface area contributed by atoms with Gasteiger partial charge >= 0.3 is 5.97 Å². The quantitative estimate of drug-likeness (QED) is 0.742. The molecular formula is C14H9Cl2NO5S. The van der Waals surface area contributed by atoms with E-state index in [2.05, 4.69) is 0 Å².